The third-order valence-electron chi connectivity index (χ3n) is 5.41. The Labute approximate surface area is 145 Å². The molecule has 0 bridgehead atoms. The summed E-state index contributed by atoms with van der Waals surface area (Å²) in [5.74, 6) is 1.59. The number of nitrogens with two attached hydrogens (primary N) is 1. The SMILES string of the molecule is CC(C)Oc1ccc(CN2CCC(CC3CC3)(C(N)=O)CC2)cc1. The Morgan fingerprint density at radius 1 is 1.25 bits per heavy atom. The van der Waals surface area contributed by atoms with Crippen LogP contribution in [0.4, 0.5) is 0 Å². The molecular weight excluding hydrogens is 300 g/mol. The summed E-state index contributed by atoms with van der Waals surface area (Å²) >= 11 is 0. The fraction of sp³-hybridized carbons (Fsp3) is 0.650. The van der Waals surface area contributed by atoms with Gasteiger partial charge in [-0.25, -0.2) is 0 Å². The Morgan fingerprint density at radius 2 is 1.88 bits per heavy atom. The highest BCUT2D eigenvalue weighted by Crippen LogP contribution is 2.45. The summed E-state index contributed by atoms with van der Waals surface area (Å²) in [5.41, 5.74) is 6.81. The van der Waals surface area contributed by atoms with Crippen molar-refractivity contribution in [3.05, 3.63) is 29.8 Å². The number of carbonyl (C=O) groups is 1. The van der Waals surface area contributed by atoms with Gasteiger partial charge in [0, 0.05) is 6.54 Å². The van der Waals surface area contributed by atoms with Gasteiger partial charge in [0.1, 0.15) is 5.75 Å². The van der Waals surface area contributed by atoms with Crippen LogP contribution < -0.4 is 10.5 Å². The Balaban J connectivity index is 1.53. The summed E-state index contributed by atoms with van der Waals surface area (Å²) in [7, 11) is 0. The van der Waals surface area contributed by atoms with E-state index in [0.717, 1.165) is 50.6 Å². The number of carbonyl (C=O) groups excluding carboxylic acids is 1. The van der Waals surface area contributed by atoms with Gasteiger partial charge in [-0.3, -0.25) is 9.69 Å². The lowest BCUT2D eigenvalue weighted by molar-refractivity contribution is -0.131. The largest absolute Gasteiger partial charge is 0.491 e. The van der Waals surface area contributed by atoms with Crippen LogP contribution in [0.25, 0.3) is 0 Å². The third kappa shape index (κ3) is 4.29. The molecule has 0 spiro atoms. The minimum atomic E-state index is -0.243. The second-order valence-corrected chi connectivity index (χ2v) is 7.88. The Hall–Kier alpha value is -1.55. The molecule has 1 aliphatic carbocycles. The van der Waals surface area contributed by atoms with E-state index in [2.05, 4.69) is 17.0 Å². The minimum Gasteiger partial charge on any atom is -0.491 e. The van der Waals surface area contributed by atoms with E-state index in [0.29, 0.717) is 0 Å². The zero-order valence-electron chi connectivity index (χ0n) is 15.0. The van der Waals surface area contributed by atoms with Gasteiger partial charge in [0.25, 0.3) is 0 Å². The van der Waals surface area contributed by atoms with Crippen molar-refractivity contribution in [1.29, 1.82) is 0 Å². The topological polar surface area (TPSA) is 55.6 Å². The van der Waals surface area contributed by atoms with Crippen molar-refractivity contribution in [2.75, 3.05) is 13.1 Å². The predicted octanol–water partition coefficient (Wildman–Crippen LogP) is 3.34. The van der Waals surface area contributed by atoms with Crippen LogP contribution in [0.1, 0.15) is 51.5 Å². The highest BCUT2D eigenvalue weighted by molar-refractivity contribution is 5.81. The van der Waals surface area contributed by atoms with Crippen LogP contribution in [0.15, 0.2) is 24.3 Å². The van der Waals surface area contributed by atoms with Gasteiger partial charge in [0.05, 0.1) is 11.5 Å². The molecule has 1 aromatic carbocycles. The van der Waals surface area contributed by atoms with Crippen molar-refractivity contribution in [3.63, 3.8) is 0 Å². The van der Waals surface area contributed by atoms with Crippen molar-refractivity contribution in [2.45, 2.75) is 58.6 Å². The van der Waals surface area contributed by atoms with Crippen LogP contribution in [0, 0.1) is 11.3 Å². The zero-order chi connectivity index (χ0) is 17.2. The van der Waals surface area contributed by atoms with Crippen molar-refractivity contribution >= 4 is 5.91 Å². The molecule has 0 radical (unpaired) electrons. The first-order chi connectivity index (χ1) is 11.5. The molecule has 1 heterocycles. The van der Waals surface area contributed by atoms with Gasteiger partial charge in [-0.1, -0.05) is 25.0 Å². The first kappa shape index (κ1) is 17.3. The molecular formula is C20H30N2O2. The lowest BCUT2D eigenvalue weighted by atomic mass is 9.73. The fourth-order valence-electron chi connectivity index (χ4n) is 3.77. The predicted molar refractivity (Wildman–Crippen MR) is 95.7 cm³/mol. The molecule has 1 aliphatic heterocycles. The first-order valence-electron chi connectivity index (χ1n) is 9.25. The van der Waals surface area contributed by atoms with Crippen molar-refractivity contribution in [2.24, 2.45) is 17.1 Å². The first-order valence-corrected chi connectivity index (χ1v) is 9.25. The van der Waals surface area contributed by atoms with E-state index in [9.17, 15) is 4.79 Å². The maximum absolute atomic E-state index is 12.0. The molecule has 0 aromatic heterocycles. The van der Waals surface area contributed by atoms with Gasteiger partial charge in [-0.05, 0) is 69.8 Å². The van der Waals surface area contributed by atoms with Crippen LogP contribution >= 0.6 is 0 Å². The average Bonchev–Trinajstić information content (AvgIpc) is 3.34. The smallest absolute Gasteiger partial charge is 0.223 e. The highest BCUT2D eigenvalue weighted by Gasteiger charge is 2.43. The number of nitrogens with zero attached hydrogens (tertiary/aromatic N) is 1. The summed E-state index contributed by atoms with van der Waals surface area (Å²) in [6, 6.07) is 8.36. The quantitative estimate of drug-likeness (QED) is 0.834. The van der Waals surface area contributed by atoms with Crippen molar-refractivity contribution in [3.8, 4) is 5.75 Å². The molecule has 1 aromatic rings. The standard InChI is InChI=1S/C20H30N2O2/c1-15(2)24-18-7-5-17(6-8-18)14-22-11-9-20(10-12-22,19(21)23)13-16-3-4-16/h5-8,15-16H,3-4,9-14H2,1-2H3,(H2,21,23). The van der Waals surface area contributed by atoms with Crippen molar-refractivity contribution < 1.29 is 9.53 Å². The van der Waals surface area contributed by atoms with Crippen molar-refractivity contribution in [1.82, 2.24) is 4.90 Å². The molecule has 2 aliphatic rings. The van der Waals surface area contributed by atoms with Crippen LogP contribution in [0.5, 0.6) is 5.75 Å². The van der Waals surface area contributed by atoms with E-state index in [4.69, 9.17) is 10.5 Å². The van der Waals surface area contributed by atoms with E-state index in [-0.39, 0.29) is 17.4 Å². The number of hydrogen-bond donors (Lipinski definition) is 1. The molecule has 24 heavy (non-hydrogen) atoms. The second kappa shape index (κ2) is 7.14. The number of amides is 1. The summed E-state index contributed by atoms with van der Waals surface area (Å²) < 4.78 is 5.69. The lowest BCUT2D eigenvalue weighted by Gasteiger charge is -2.40. The van der Waals surface area contributed by atoms with Gasteiger partial charge in [0.2, 0.25) is 5.91 Å². The van der Waals surface area contributed by atoms with Crippen LogP contribution in [0.2, 0.25) is 0 Å². The molecule has 1 amide bonds. The molecule has 132 valence electrons. The van der Waals surface area contributed by atoms with E-state index in [1.54, 1.807) is 0 Å². The maximum atomic E-state index is 12.0. The lowest BCUT2D eigenvalue weighted by Crippen LogP contribution is -2.47. The number of likely N-dealkylation sites (tertiary alicyclic amines) is 1. The van der Waals surface area contributed by atoms with E-state index >= 15 is 0 Å². The maximum Gasteiger partial charge on any atom is 0.223 e. The summed E-state index contributed by atoms with van der Waals surface area (Å²) in [5, 5.41) is 0. The molecule has 3 rings (SSSR count). The summed E-state index contributed by atoms with van der Waals surface area (Å²) in [6.07, 6.45) is 5.59. The van der Waals surface area contributed by atoms with Gasteiger partial charge < -0.3 is 10.5 Å². The van der Waals surface area contributed by atoms with E-state index in [1.165, 1.54) is 18.4 Å². The molecule has 1 saturated heterocycles. The van der Waals surface area contributed by atoms with Gasteiger partial charge >= 0.3 is 0 Å². The van der Waals surface area contributed by atoms with Crippen LogP contribution in [-0.4, -0.2) is 30.0 Å². The molecule has 2 fully saturated rings. The minimum absolute atomic E-state index is 0.0794. The van der Waals surface area contributed by atoms with E-state index in [1.807, 2.05) is 26.0 Å². The molecule has 1 saturated carbocycles. The van der Waals surface area contributed by atoms with Crippen LogP contribution in [0.3, 0.4) is 0 Å². The summed E-state index contributed by atoms with van der Waals surface area (Å²) in [6.45, 7) is 6.92. The number of rotatable bonds is 7. The van der Waals surface area contributed by atoms with Gasteiger partial charge in [-0.2, -0.15) is 0 Å². The molecule has 0 atom stereocenters. The Kier molecular flexibility index (Phi) is 5.14. The molecule has 0 unspecified atom stereocenters. The fourth-order valence-corrected chi connectivity index (χ4v) is 3.77. The number of piperidine rings is 1. The highest BCUT2D eigenvalue weighted by atomic mass is 16.5. The molecule has 4 heteroatoms. The Morgan fingerprint density at radius 3 is 2.38 bits per heavy atom. The van der Waals surface area contributed by atoms with E-state index < -0.39 is 0 Å². The third-order valence-corrected chi connectivity index (χ3v) is 5.41. The second-order valence-electron chi connectivity index (χ2n) is 7.88. The normalized spacial score (nSPS) is 21.0. The summed E-state index contributed by atoms with van der Waals surface area (Å²) in [4.78, 5) is 14.5. The zero-order valence-corrected chi connectivity index (χ0v) is 15.0. The number of ether oxygens (including phenoxy) is 1. The van der Waals surface area contributed by atoms with Crippen LogP contribution in [-0.2, 0) is 11.3 Å². The number of hydrogen-bond acceptors (Lipinski definition) is 3. The molecule has 4 nitrogen and oxygen atoms in total. The number of benzene rings is 1. The number of primary amides is 1. The Bertz CT molecular complexity index is 556. The van der Waals surface area contributed by atoms with Gasteiger partial charge in [-0.15, -0.1) is 0 Å². The van der Waals surface area contributed by atoms with Gasteiger partial charge in [0.15, 0.2) is 0 Å². The monoisotopic (exact) mass is 330 g/mol. The average molecular weight is 330 g/mol. The molecule has 2 N–H and O–H groups in total.